The van der Waals surface area contributed by atoms with Crippen LogP contribution in [-0.4, -0.2) is 13.1 Å². The zero-order valence-electron chi connectivity index (χ0n) is 10.7. The monoisotopic (exact) mass is 236 g/mol. The molecule has 17 heavy (non-hydrogen) atoms. The van der Waals surface area contributed by atoms with E-state index in [0.717, 1.165) is 24.7 Å². The smallest absolute Gasteiger partial charge is 0.128 e. The fraction of sp³-hybridized carbons (Fsp3) is 0.571. The Labute approximate surface area is 103 Å². The summed E-state index contributed by atoms with van der Waals surface area (Å²) in [7, 11) is 0. The van der Waals surface area contributed by atoms with Gasteiger partial charge in [0.25, 0.3) is 0 Å². The number of nitrogens with two attached hydrogens (primary N) is 1. The largest absolute Gasteiger partial charge is 0.397 e. The second-order valence-electron chi connectivity index (χ2n) is 5.00. The van der Waals surface area contributed by atoms with E-state index in [9.17, 15) is 4.39 Å². The molecule has 0 atom stereocenters. The lowest BCUT2D eigenvalue weighted by atomic mass is 9.94. The standard InChI is InChI=1S/C14H21FN2/c1-3-11-4-6-17(7-5-11)14-8-10(2)12(15)9-13(14)16/h8-9,11H,3-7,16H2,1-2H3. The molecule has 2 nitrogen and oxygen atoms in total. The highest BCUT2D eigenvalue weighted by Gasteiger charge is 2.20. The third-order valence-corrected chi connectivity index (χ3v) is 3.84. The molecule has 3 heteroatoms. The highest BCUT2D eigenvalue weighted by Crippen LogP contribution is 2.30. The van der Waals surface area contributed by atoms with Crippen molar-refractivity contribution in [2.45, 2.75) is 33.1 Å². The van der Waals surface area contributed by atoms with Gasteiger partial charge >= 0.3 is 0 Å². The minimum Gasteiger partial charge on any atom is -0.397 e. The first-order valence-electron chi connectivity index (χ1n) is 6.42. The SMILES string of the molecule is CCC1CCN(c2cc(C)c(F)cc2N)CC1. The van der Waals surface area contributed by atoms with Crippen molar-refractivity contribution in [2.24, 2.45) is 5.92 Å². The van der Waals surface area contributed by atoms with Crippen molar-refractivity contribution < 1.29 is 4.39 Å². The molecule has 0 spiro atoms. The fourth-order valence-electron chi connectivity index (χ4n) is 2.54. The van der Waals surface area contributed by atoms with E-state index < -0.39 is 0 Å². The number of halogens is 1. The van der Waals surface area contributed by atoms with Crippen LogP contribution in [-0.2, 0) is 0 Å². The molecule has 0 unspecified atom stereocenters. The van der Waals surface area contributed by atoms with Crippen molar-refractivity contribution in [3.8, 4) is 0 Å². The molecule has 0 aliphatic carbocycles. The summed E-state index contributed by atoms with van der Waals surface area (Å²) in [4.78, 5) is 2.29. The van der Waals surface area contributed by atoms with Gasteiger partial charge in [-0.15, -0.1) is 0 Å². The van der Waals surface area contributed by atoms with Crippen molar-refractivity contribution in [1.29, 1.82) is 0 Å². The second-order valence-corrected chi connectivity index (χ2v) is 5.00. The van der Waals surface area contributed by atoms with Crippen LogP contribution in [0.3, 0.4) is 0 Å². The minimum absolute atomic E-state index is 0.213. The van der Waals surface area contributed by atoms with Gasteiger partial charge in [0.1, 0.15) is 5.82 Å². The molecule has 2 N–H and O–H groups in total. The second kappa shape index (κ2) is 4.94. The average Bonchev–Trinajstić information content (AvgIpc) is 2.34. The van der Waals surface area contributed by atoms with Crippen LogP contribution < -0.4 is 10.6 Å². The van der Waals surface area contributed by atoms with E-state index in [1.807, 2.05) is 6.07 Å². The van der Waals surface area contributed by atoms with Crippen LogP contribution in [0.2, 0.25) is 0 Å². The summed E-state index contributed by atoms with van der Waals surface area (Å²) >= 11 is 0. The molecular weight excluding hydrogens is 215 g/mol. The first-order chi connectivity index (χ1) is 8.11. The Bertz CT molecular complexity index is 395. The van der Waals surface area contributed by atoms with E-state index in [0.29, 0.717) is 11.3 Å². The lowest BCUT2D eigenvalue weighted by Gasteiger charge is -2.34. The van der Waals surface area contributed by atoms with E-state index in [1.165, 1.54) is 25.3 Å². The highest BCUT2D eigenvalue weighted by molar-refractivity contribution is 5.68. The molecule has 1 aliphatic rings. The molecule has 1 heterocycles. The predicted octanol–water partition coefficient (Wildman–Crippen LogP) is 3.34. The summed E-state index contributed by atoms with van der Waals surface area (Å²) in [5.74, 6) is 0.628. The van der Waals surface area contributed by atoms with Crippen molar-refractivity contribution in [1.82, 2.24) is 0 Å². The maximum Gasteiger partial charge on any atom is 0.128 e. The van der Waals surface area contributed by atoms with Gasteiger partial charge in [0.05, 0.1) is 11.4 Å². The molecule has 0 radical (unpaired) electrons. The summed E-state index contributed by atoms with van der Waals surface area (Å²) in [6.07, 6.45) is 3.69. The molecule has 1 aliphatic heterocycles. The first-order valence-corrected chi connectivity index (χ1v) is 6.42. The number of aryl methyl sites for hydroxylation is 1. The minimum atomic E-state index is -0.213. The van der Waals surface area contributed by atoms with E-state index in [2.05, 4.69) is 11.8 Å². The Balaban J connectivity index is 2.16. The Kier molecular flexibility index (Phi) is 3.55. The van der Waals surface area contributed by atoms with Gasteiger partial charge in [0, 0.05) is 13.1 Å². The van der Waals surface area contributed by atoms with Crippen LogP contribution in [0.4, 0.5) is 15.8 Å². The Hall–Kier alpha value is -1.25. The van der Waals surface area contributed by atoms with Gasteiger partial charge in [0.2, 0.25) is 0 Å². The van der Waals surface area contributed by atoms with E-state index in [1.54, 1.807) is 6.92 Å². The van der Waals surface area contributed by atoms with E-state index >= 15 is 0 Å². The summed E-state index contributed by atoms with van der Waals surface area (Å²) in [6.45, 7) is 6.11. The van der Waals surface area contributed by atoms with Crippen LogP contribution in [0, 0.1) is 18.7 Å². The van der Waals surface area contributed by atoms with Crippen LogP contribution in [0.1, 0.15) is 31.7 Å². The maximum atomic E-state index is 13.3. The van der Waals surface area contributed by atoms with Crippen LogP contribution in [0.15, 0.2) is 12.1 Å². The van der Waals surface area contributed by atoms with Gasteiger partial charge in [-0.3, -0.25) is 0 Å². The summed E-state index contributed by atoms with van der Waals surface area (Å²) < 4.78 is 13.3. The summed E-state index contributed by atoms with van der Waals surface area (Å²) in [5, 5.41) is 0. The zero-order valence-corrected chi connectivity index (χ0v) is 10.7. The van der Waals surface area contributed by atoms with Crippen LogP contribution in [0.25, 0.3) is 0 Å². The van der Waals surface area contributed by atoms with Gasteiger partial charge in [-0.25, -0.2) is 4.39 Å². The average molecular weight is 236 g/mol. The molecule has 1 saturated heterocycles. The van der Waals surface area contributed by atoms with Gasteiger partial charge in [-0.1, -0.05) is 13.3 Å². The number of nitrogens with zero attached hydrogens (tertiary/aromatic N) is 1. The van der Waals surface area contributed by atoms with Gasteiger partial charge in [-0.05, 0) is 43.4 Å². The molecular formula is C14H21FN2. The number of nitrogen functional groups attached to an aromatic ring is 1. The van der Waals surface area contributed by atoms with Crippen molar-refractivity contribution >= 4 is 11.4 Å². The van der Waals surface area contributed by atoms with Gasteiger partial charge in [-0.2, -0.15) is 0 Å². The lowest BCUT2D eigenvalue weighted by molar-refractivity contribution is 0.395. The molecule has 1 aromatic carbocycles. The number of benzene rings is 1. The third-order valence-electron chi connectivity index (χ3n) is 3.84. The van der Waals surface area contributed by atoms with E-state index in [-0.39, 0.29) is 5.82 Å². The Morgan fingerprint density at radius 2 is 2.00 bits per heavy atom. The number of rotatable bonds is 2. The summed E-state index contributed by atoms with van der Waals surface area (Å²) in [5.41, 5.74) is 8.14. The molecule has 1 fully saturated rings. The first kappa shape index (κ1) is 12.2. The molecule has 0 aromatic heterocycles. The molecule has 1 aromatic rings. The fourth-order valence-corrected chi connectivity index (χ4v) is 2.54. The third kappa shape index (κ3) is 2.54. The molecule has 94 valence electrons. The normalized spacial score (nSPS) is 17.5. The lowest BCUT2D eigenvalue weighted by Crippen LogP contribution is -2.34. The molecule has 0 amide bonds. The quantitative estimate of drug-likeness (QED) is 0.798. The van der Waals surface area contributed by atoms with Gasteiger partial charge in [0.15, 0.2) is 0 Å². The Morgan fingerprint density at radius 3 is 2.59 bits per heavy atom. The number of hydrogen-bond acceptors (Lipinski definition) is 2. The molecule has 0 bridgehead atoms. The molecule has 2 rings (SSSR count). The van der Waals surface area contributed by atoms with Crippen molar-refractivity contribution in [3.05, 3.63) is 23.5 Å². The predicted molar refractivity (Wildman–Crippen MR) is 70.8 cm³/mol. The van der Waals surface area contributed by atoms with Crippen molar-refractivity contribution in [3.63, 3.8) is 0 Å². The van der Waals surface area contributed by atoms with Gasteiger partial charge < -0.3 is 10.6 Å². The number of piperidine rings is 1. The Morgan fingerprint density at radius 1 is 1.35 bits per heavy atom. The number of hydrogen-bond donors (Lipinski definition) is 1. The van der Waals surface area contributed by atoms with E-state index in [4.69, 9.17) is 5.73 Å². The van der Waals surface area contributed by atoms with Crippen LogP contribution in [0.5, 0.6) is 0 Å². The van der Waals surface area contributed by atoms with Crippen LogP contribution >= 0.6 is 0 Å². The summed E-state index contributed by atoms with van der Waals surface area (Å²) in [6, 6.07) is 3.31. The van der Waals surface area contributed by atoms with Crippen molar-refractivity contribution in [2.75, 3.05) is 23.7 Å². The molecule has 0 saturated carbocycles. The number of anilines is 2. The highest BCUT2D eigenvalue weighted by atomic mass is 19.1. The zero-order chi connectivity index (χ0) is 12.4. The maximum absolute atomic E-state index is 13.3. The topological polar surface area (TPSA) is 29.3 Å².